The first kappa shape index (κ1) is 15.2. The van der Waals surface area contributed by atoms with Crippen LogP contribution in [0.15, 0.2) is 18.2 Å². The van der Waals surface area contributed by atoms with Crippen LogP contribution in [0.4, 0.5) is 0 Å². The van der Waals surface area contributed by atoms with Crippen LogP contribution in [0.3, 0.4) is 0 Å². The minimum absolute atomic E-state index is 0.0229. The minimum Gasteiger partial charge on any atom is -0.507 e. The molecule has 1 fully saturated rings. The molecule has 1 aliphatic carbocycles. The van der Waals surface area contributed by atoms with Crippen molar-refractivity contribution in [3.63, 3.8) is 0 Å². The summed E-state index contributed by atoms with van der Waals surface area (Å²) in [5.74, 6) is 0.791. The summed E-state index contributed by atoms with van der Waals surface area (Å²) in [6.45, 7) is 0.650. The van der Waals surface area contributed by atoms with Gasteiger partial charge in [-0.1, -0.05) is 22.4 Å². The van der Waals surface area contributed by atoms with Gasteiger partial charge in [-0.15, -0.1) is 0 Å². The van der Waals surface area contributed by atoms with Crippen molar-refractivity contribution in [2.45, 2.75) is 30.5 Å². The molecular weight excluding hydrogens is 322 g/mol. The van der Waals surface area contributed by atoms with Crippen LogP contribution in [0.25, 0.3) is 0 Å². The van der Waals surface area contributed by atoms with Crippen LogP contribution in [0.2, 0.25) is 0 Å². The van der Waals surface area contributed by atoms with Crippen LogP contribution in [-0.2, 0) is 0 Å². The van der Waals surface area contributed by atoms with Crippen LogP contribution in [0.1, 0.15) is 36.0 Å². The molecule has 0 bridgehead atoms. The van der Waals surface area contributed by atoms with Gasteiger partial charge in [-0.25, -0.2) is 0 Å². The van der Waals surface area contributed by atoms with E-state index in [1.54, 1.807) is 12.1 Å². The van der Waals surface area contributed by atoms with E-state index >= 15 is 0 Å². The maximum Gasteiger partial charge on any atom is 0.255 e. The zero-order valence-corrected chi connectivity index (χ0v) is 13.1. The Labute approximate surface area is 127 Å². The Balaban J connectivity index is 1.94. The lowest BCUT2D eigenvalue weighted by Gasteiger charge is -2.25. The van der Waals surface area contributed by atoms with Crippen LogP contribution < -0.4 is 10.1 Å². The number of carbonyl (C=O) groups excluding carboxylic acids is 1. The monoisotopic (exact) mass is 341 g/mol. The first-order valence-electron chi connectivity index (χ1n) is 6.89. The molecule has 4 nitrogen and oxygen atoms in total. The van der Waals surface area contributed by atoms with E-state index in [0.717, 1.165) is 12.8 Å². The summed E-state index contributed by atoms with van der Waals surface area (Å²) in [4.78, 5) is 12.7. The second kappa shape index (κ2) is 6.97. The normalized spacial score (nSPS) is 22.3. The van der Waals surface area contributed by atoms with Gasteiger partial charge in [0.15, 0.2) is 0 Å². The Hall–Kier alpha value is -1.23. The third kappa shape index (κ3) is 3.88. The van der Waals surface area contributed by atoms with E-state index in [1.807, 2.05) is 0 Å². The third-order valence-electron chi connectivity index (χ3n) is 3.72. The highest BCUT2D eigenvalue weighted by molar-refractivity contribution is 9.09. The van der Waals surface area contributed by atoms with Crippen molar-refractivity contribution < 1.29 is 14.6 Å². The zero-order chi connectivity index (χ0) is 14.5. The second-order valence-electron chi connectivity index (χ2n) is 5.22. The van der Waals surface area contributed by atoms with Crippen molar-refractivity contribution in [2.75, 3.05) is 13.7 Å². The van der Waals surface area contributed by atoms with Gasteiger partial charge < -0.3 is 15.2 Å². The van der Waals surface area contributed by atoms with E-state index in [0.29, 0.717) is 23.0 Å². The summed E-state index contributed by atoms with van der Waals surface area (Å²) >= 11 is 3.64. The molecule has 2 unspecified atom stereocenters. The van der Waals surface area contributed by atoms with E-state index in [4.69, 9.17) is 4.74 Å². The summed E-state index contributed by atoms with van der Waals surface area (Å²) in [6, 6.07) is 4.66. The number of methoxy groups -OCH3 is 1. The van der Waals surface area contributed by atoms with Crippen molar-refractivity contribution in [1.29, 1.82) is 0 Å². The maximum absolute atomic E-state index is 12.1. The molecule has 0 aliphatic heterocycles. The quantitative estimate of drug-likeness (QED) is 0.827. The molecule has 0 radical (unpaired) electrons. The number of amides is 1. The van der Waals surface area contributed by atoms with Crippen molar-refractivity contribution in [1.82, 2.24) is 5.32 Å². The van der Waals surface area contributed by atoms with E-state index in [1.165, 1.54) is 26.0 Å². The van der Waals surface area contributed by atoms with Gasteiger partial charge in [0.1, 0.15) is 11.5 Å². The highest BCUT2D eigenvalue weighted by Gasteiger charge is 2.21. The molecule has 2 N–H and O–H groups in total. The molecule has 110 valence electrons. The highest BCUT2D eigenvalue weighted by atomic mass is 79.9. The van der Waals surface area contributed by atoms with Gasteiger partial charge >= 0.3 is 0 Å². The number of ether oxygens (including phenoxy) is 1. The number of hydrogen-bond donors (Lipinski definition) is 2. The lowest BCUT2D eigenvalue weighted by Crippen LogP contribution is -2.32. The Morgan fingerprint density at radius 1 is 1.50 bits per heavy atom. The average Bonchev–Trinajstić information content (AvgIpc) is 2.45. The molecule has 1 aromatic carbocycles. The van der Waals surface area contributed by atoms with Gasteiger partial charge in [0.25, 0.3) is 5.91 Å². The van der Waals surface area contributed by atoms with Crippen molar-refractivity contribution in [2.24, 2.45) is 5.92 Å². The molecule has 1 amide bonds. The molecule has 0 heterocycles. The fraction of sp³-hybridized carbons (Fsp3) is 0.533. The predicted octanol–water partition coefficient (Wildman–Crippen LogP) is 3.08. The standard InChI is InChI=1S/C15H20BrNO3/c1-20-12-5-6-14(18)13(8-12)15(19)17-9-10-3-2-4-11(16)7-10/h5-6,8,10-11,18H,2-4,7,9H2,1H3,(H,17,19). The summed E-state index contributed by atoms with van der Waals surface area (Å²) < 4.78 is 5.07. The number of alkyl halides is 1. The highest BCUT2D eigenvalue weighted by Crippen LogP contribution is 2.28. The van der Waals surface area contributed by atoms with Gasteiger partial charge in [-0.05, 0) is 43.4 Å². The molecule has 0 saturated heterocycles. The third-order valence-corrected chi connectivity index (χ3v) is 4.55. The van der Waals surface area contributed by atoms with Gasteiger partial charge in [0.05, 0.1) is 12.7 Å². The number of rotatable bonds is 4. The zero-order valence-electron chi connectivity index (χ0n) is 11.6. The van der Waals surface area contributed by atoms with Gasteiger partial charge in [-0.2, -0.15) is 0 Å². The largest absolute Gasteiger partial charge is 0.507 e. The molecule has 1 aromatic rings. The molecule has 2 rings (SSSR count). The number of carbonyl (C=O) groups is 1. The molecule has 0 aromatic heterocycles. The minimum atomic E-state index is -0.252. The summed E-state index contributed by atoms with van der Waals surface area (Å²) in [5, 5.41) is 12.7. The topological polar surface area (TPSA) is 58.6 Å². The fourth-order valence-electron chi connectivity index (χ4n) is 2.57. The van der Waals surface area contributed by atoms with Crippen LogP contribution in [0.5, 0.6) is 11.5 Å². The fourth-order valence-corrected chi connectivity index (χ4v) is 3.42. The van der Waals surface area contributed by atoms with E-state index in [-0.39, 0.29) is 17.2 Å². The smallest absolute Gasteiger partial charge is 0.255 e. The number of phenolic OH excluding ortho intramolecular Hbond substituents is 1. The average molecular weight is 342 g/mol. The Morgan fingerprint density at radius 2 is 2.30 bits per heavy atom. The first-order valence-corrected chi connectivity index (χ1v) is 7.81. The van der Waals surface area contributed by atoms with Crippen molar-refractivity contribution in [3.05, 3.63) is 23.8 Å². The van der Waals surface area contributed by atoms with Crippen LogP contribution in [0, 0.1) is 5.92 Å². The van der Waals surface area contributed by atoms with Crippen molar-refractivity contribution in [3.8, 4) is 11.5 Å². The molecule has 0 spiro atoms. The number of aromatic hydroxyl groups is 1. The van der Waals surface area contributed by atoms with Crippen LogP contribution in [-0.4, -0.2) is 29.5 Å². The lowest BCUT2D eigenvalue weighted by atomic mass is 9.89. The Kier molecular flexibility index (Phi) is 5.29. The molecule has 20 heavy (non-hydrogen) atoms. The molecular formula is C15H20BrNO3. The van der Waals surface area contributed by atoms with Gasteiger partial charge in [-0.3, -0.25) is 4.79 Å². The number of nitrogens with one attached hydrogen (secondary N) is 1. The number of benzene rings is 1. The number of hydrogen-bond acceptors (Lipinski definition) is 3. The maximum atomic E-state index is 12.1. The van der Waals surface area contributed by atoms with Gasteiger partial charge in [0, 0.05) is 11.4 Å². The number of phenols is 1. The van der Waals surface area contributed by atoms with Crippen molar-refractivity contribution >= 4 is 21.8 Å². The SMILES string of the molecule is COc1ccc(O)c(C(=O)NCC2CCCC(Br)C2)c1. The lowest BCUT2D eigenvalue weighted by molar-refractivity contribution is 0.0941. The van der Waals surface area contributed by atoms with Crippen LogP contribution >= 0.6 is 15.9 Å². The Morgan fingerprint density at radius 3 is 3.00 bits per heavy atom. The second-order valence-corrected chi connectivity index (χ2v) is 6.52. The van der Waals surface area contributed by atoms with Gasteiger partial charge in [0.2, 0.25) is 0 Å². The predicted molar refractivity (Wildman–Crippen MR) is 81.7 cm³/mol. The van der Waals surface area contributed by atoms with E-state index < -0.39 is 0 Å². The molecule has 1 aliphatic rings. The molecule has 5 heteroatoms. The summed E-state index contributed by atoms with van der Waals surface area (Å²) in [5.41, 5.74) is 0.260. The number of halogens is 1. The Bertz CT molecular complexity index is 478. The summed E-state index contributed by atoms with van der Waals surface area (Å²) in [7, 11) is 1.53. The molecule has 1 saturated carbocycles. The first-order chi connectivity index (χ1) is 9.60. The van der Waals surface area contributed by atoms with E-state index in [9.17, 15) is 9.90 Å². The van der Waals surface area contributed by atoms with E-state index in [2.05, 4.69) is 21.2 Å². The summed E-state index contributed by atoms with van der Waals surface area (Å²) in [6.07, 6.45) is 4.64. The molecule has 2 atom stereocenters.